The molecule has 0 spiro atoms. The van der Waals surface area contributed by atoms with Crippen LogP contribution in [0.25, 0.3) is 10.9 Å². The van der Waals surface area contributed by atoms with E-state index in [0.29, 0.717) is 6.04 Å². The molecule has 0 bridgehead atoms. The van der Waals surface area contributed by atoms with Crippen LogP contribution < -0.4 is 5.73 Å². The van der Waals surface area contributed by atoms with E-state index in [0.717, 1.165) is 23.4 Å². The van der Waals surface area contributed by atoms with Gasteiger partial charge in [-0.2, -0.15) is 11.8 Å². The van der Waals surface area contributed by atoms with Gasteiger partial charge in [-0.25, -0.2) is 0 Å². The topological polar surface area (TPSA) is 38.9 Å². The van der Waals surface area contributed by atoms with Gasteiger partial charge in [-0.1, -0.05) is 31.2 Å². The molecule has 0 aliphatic heterocycles. The van der Waals surface area contributed by atoms with Gasteiger partial charge in [-0.15, -0.1) is 0 Å². The summed E-state index contributed by atoms with van der Waals surface area (Å²) in [7, 11) is 0. The molecule has 3 heteroatoms. The number of benzene rings is 1. The highest BCUT2D eigenvalue weighted by molar-refractivity contribution is 7.98. The second-order valence-electron chi connectivity index (χ2n) is 4.18. The molecule has 17 heavy (non-hydrogen) atoms. The fourth-order valence-corrected chi connectivity index (χ4v) is 2.83. The number of thioether (sulfide) groups is 1. The van der Waals surface area contributed by atoms with Crippen LogP contribution in [0.4, 0.5) is 0 Å². The number of nitrogens with zero attached hydrogens (tertiary/aromatic N) is 1. The Morgan fingerprint density at radius 1 is 1.29 bits per heavy atom. The second-order valence-corrected chi connectivity index (χ2v) is 5.21. The van der Waals surface area contributed by atoms with E-state index in [1.165, 1.54) is 10.9 Å². The number of fused-ring (bicyclic) bond motifs is 1. The molecule has 1 unspecified atom stereocenters. The minimum absolute atomic E-state index is 0.308. The van der Waals surface area contributed by atoms with Crippen LogP contribution in [0.1, 0.15) is 18.9 Å². The summed E-state index contributed by atoms with van der Waals surface area (Å²) >= 11 is 1.89. The first kappa shape index (κ1) is 12.4. The zero-order valence-corrected chi connectivity index (χ0v) is 10.9. The molecule has 0 saturated heterocycles. The molecular weight excluding hydrogens is 228 g/mol. The summed E-state index contributed by atoms with van der Waals surface area (Å²) in [6.45, 7) is 2.13. The van der Waals surface area contributed by atoms with Crippen LogP contribution in [-0.4, -0.2) is 16.8 Å². The Morgan fingerprint density at radius 2 is 2.12 bits per heavy atom. The highest BCUT2D eigenvalue weighted by Crippen LogP contribution is 2.21. The third kappa shape index (κ3) is 3.20. The van der Waals surface area contributed by atoms with E-state index in [1.807, 2.05) is 24.0 Å². The summed E-state index contributed by atoms with van der Waals surface area (Å²) in [6, 6.07) is 10.7. The number of aromatic nitrogens is 1. The van der Waals surface area contributed by atoms with Crippen molar-refractivity contribution in [3.63, 3.8) is 0 Å². The van der Waals surface area contributed by atoms with Gasteiger partial charge in [0.2, 0.25) is 0 Å². The number of nitrogens with two attached hydrogens (primary N) is 1. The van der Waals surface area contributed by atoms with Gasteiger partial charge in [0.25, 0.3) is 0 Å². The van der Waals surface area contributed by atoms with Crippen molar-refractivity contribution in [1.29, 1.82) is 0 Å². The molecule has 2 nitrogen and oxygen atoms in total. The summed E-state index contributed by atoms with van der Waals surface area (Å²) < 4.78 is 0. The molecule has 0 aliphatic rings. The molecule has 1 aromatic heterocycles. The van der Waals surface area contributed by atoms with Gasteiger partial charge >= 0.3 is 0 Å². The van der Waals surface area contributed by atoms with Crippen molar-refractivity contribution in [1.82, 2.24) is 4.98 Å². The Morgan fingerprint density at radius 3 is 2.94 bits per heavy atom. The minimum Gasteiger partial charge on any atom is -0.327 e. The van der Waals surface area contributed by atoms with E-state index in [4.69, 9.17) is 5.73 Å². The highest BCUT2D eigenvalue weighted by atomic mass is 32.2. The van der Waals surface area contributed by atoms with E-state index < -0.39 is 0 Å². The lowest BCUT2D eigenvalue weighted by Gasteiger charge is -2.09. The zero-order valence-electron chi connectivity index (χ0n) is 10.1. The first-order chi connectivity index (χ1) is 8.31. The van der Waals surface area contributed by atoms with Crippen LogP contribution in [0.2, 0.25) is 0 Å². The average Bonchev–Trinajstić information content (AvgIpc) is 2.39. The van der Waals surface area contributed by atoms with Gasteiger partial charge in [-0.3, -0.25) is 4.98 Å². The lowest BCUT2D eigenvalue weighted by atomic mass is 10.1. The molecular formula is C14H18N2S. The van der Waals surface area contributed by atoms with Crippen LogP contribution in [0.3, 0.4) is 0 Å². The van der Waals surface area contributed by atoms with Crippen LogP contribution in [0, 0.1) is 0 Å². The number of hydrogen-bond acceptors (Lipinski definition) is 3. The van der Waals surface area contributed by atoms with Crippen LogP contribution in [0.5, 0.6) is 0 Å². The van der Waals surface area contributed by atoms with E-state index in [9.17, 15) is 0 Å². The highest BCUT2D eigenvalue weighted by Gasteiger charge is 2.03. The van der Waals surface area contributed by atoms with Gasteiger partial charge < -0.3 is 5.73 Å². The third-order valence-electron chi connectivity index (χ3n) is 2.83. The van der Waals surface area contributed by atoms with Gasteiger partial charge in [0, 0.05) is 29.1 Å². The predicted molar refractivity (Wildman–Crippen MR) is 76.2 cm³/mol. The number of para-hydroxylation sites is 1. The molecule has 1 heterocycles. The second kappa shape index (κ2) is 6.03. The molecule has 2 N–H and O–H groups in total. The van der Waals surface area contributed by atoms with Crippen LogP contribution >= 0.6 is 11.8 Å². The van der Waals surface area contributed by atoms with Crippen molar-refractivity contribution in [2.24, 2.45) is 5.73 Å². The molecule has 0 saturated carbocycles. The summed E-state index contributed by atoms with van der Waals surface area (Å²) in [5.74, 6) is 2.00. The lowest BCUT2D eigenvalue weighted by molar-refractivity contribution is 0.725. The third-order valence-corrected chi connectivity index (χ3v) is 4.01. The monoisotopic (exact) mass is 246 g/mol. The zero-order chi connectivity index (χ0) is 12.1. The van der Waals surface area contributed by atoms with Gasteiger partial charge in [0.05, 0.1) is 5.52 Å². The Bertz CT molecular complexity index is 479. The Balaban J connectivity index is 2.08. The SMILES string of the molecule is CCC(N)CSCc1cccc2cccnc12. The standard InChI is InChI=1S/C14H18N2S/c1-2-13(15)10-17-9-12-6-3-5-11-7-4-8-16-14(11)12/h3-8,13H,2,9-10,15H2,1H3. The molecule has 0 amide bonds. The van der Waals surface area contributed by atoms with Gasteiger partial charge in [-0.05, 0) is 18.1 Å². The average molecular weight is 246 g/mol. The first-order valence-corrected chi connectivity index (χ1v) is 7.12. The molecule has 2 aromatic rings. The maximum Gasteiger partial charge on any atom is 0.0742 e. The molecule has 1 aromatic carbocycles. The lowest BCUT2D eigenvalue weighted by Crippen LogP contribution is -2.21. The van der Waals surface area contributed by atoms with Crippen molar-refractivity contribution in [3.8, 4) is 0 Å². The van der Waals surface area contributed by atoms with E-state index in [2.05, 4.69) is 36.2 Å². The molecule has 0 aliphatic carbocycles. The number of rotatable bonds is 5. The van der Waals surface area contributed by atoms with E-state index >= 15 is 0 Å². The Kier molecular flexibility index (Phi) is 4.40. The molecule has 0 radical (unpaired) electrons. The largest absolute Gasteiger partial charge is 0.327 e. The van der Waals surface area contributed by atoms with Crippen LogP contribution in [0.15, 0.2) is 36.5 Å². The molecule has 0 fully saturated rings. The van der Waals surface area contributed by atoms with E-state index in [-0.39, 0.29) is 0 Å². The predicted octanol–water partition coefficient (Wildman–Crippen LogP) is 3.21. The molecule has 2 rings (SSSR count). The number of pyridine rings is 1. The summed E-state index contributed by atoms with van der Waals surface area (Å²) in [5, 5.41) is 1.21. The summed E-state index contributed by atoms with van der Waals surface area (Å²) in [4.78, 5) is 4.45. The van der Waals surface area contributed by atoms with Gasteiger partial charge in [0.15, 0.2) is 0 Å². The summed E-state index contributed by atoms with van der Waals surface area (Å²) in [5.41, 5.74) is 8.33. The van der Waals surface area contributed by atoms with Crippen molar-refractivity contribution < 1.29 is 0 Å². The number of hydrogen-bond donors (Lipinski definition) is 1. The van der Waals surface area contributed by atoms with Crippen molar-refractivity contribution >= 4 is 22.7 Å². The van der Waals surface area contributed by atoms with Crippen molar-refractivity contribution in [2.45, 2.75) is 25.1 Å². The first-order valence-electron chi connectivity index (χ1n) is 5.97. The fraction of sp³-hybridized carbons (Fsp3) is 0.357. The maximum absolute atomic E-state index is 5.91. The Labute approximate surface area is 107 Å². The quantitative estimate of drug-likeness (QED) is 0.880. The Hall–Kier alpha value is -1.06. The normalized spacial score (nSPS) is 12.8. The van der Waals surface area contributed by atoms with Crippen molar-refractivity contribution in [3.05, 3.63) is 42.1 Å². The summed E-state index contributed by atoms with van der Waals surface area (Å²) in [6.07, 6.45) is 2.90. The molecule has 1 atom stereocenters. The minimum atomic E-state index is 0.308. The van der Waals surface area contributed by atoms with E-state index in [1.54, 1.807) is 0 Å². The maximum atomic E-state index is 5.91. The molecule has 90 valence electrons. The smallest absolute Gasteiger partial charge is 0.0742 e. The van der Waals surface area contributed by atoms with Crippen LogP contribution in [-0.2, 0) is 5.75 Å². The van der Waals surface area contributed by atoms with Crippen molar-refractivity contribution in [2.75, 3.05) is 5.75 Å². The van der Waals surface area contributed by atoms with Gasteiger partial charge in [0.1, 0.15) is 0 Å². The fourth-order valence-electron chi connectivity index (χ4n) is 1.72.